The third-order valence-electron chi connectivity index (χ3n) is 7.70. The molecule has 202 valence electrons. The van der Waals surface area contributed by atoms with Crippen molar-refractivity contribution in [3.63, 3.8) is 0 Å². The van der Waals surface area contributed by atoms with E-state index in [4.69, 9.17) is 0 Å². The van der Waals surface area contributed by atoms with Crippen LogP contribution in [0.1, 0.15) is 75.6 Å². The molecule has 2 N–H and O–H groups in total. The average Bonchev–Trinajstić information content (AvgIpc) is 3.55. The molecule has 5 rings (SSSR count). The summed E-state index contributed by atoms with van der Waals surface area (Å²) in [5.41, 5.74) is 2.94. The van der Waals surface area contributed by atoms with Gasteiger partial charge in [-0.25, -0.2) is 9.36 Å². The normalized spacial score (nSPS) is 16.8. The number of anilines is 2. The molecule has 0 saturated heterocycles. The second-order valence-electron chi connectivity index (χ2n) is 10.9. The fourth-order valence-electron chi connectivity index (χ4n) is 5.77. The van der Waals surface area contributed by atoms with Crippen LogP contribution in [-0.2, 0) is 35.5 Å². The van der Waals surface area contributed by atoms with Gasteiger partial charge in [-0.05, 0) is 36.8 Å². The van der Waals surface area contributed by atoms with Gasteiger partial charge in [-0.1, -0.05) is 86.8 Å². The molecular weight excluding hydrogens is 480 g/mol. The average molecular weight is 519 g/mol. The molecule has 0 spiro atoms. The van der Waals surface area contributed by atoms with E-state index in [0.717, 1.165) is 24.2 Å². The second-order valence-corrected chi connectivity index (χ2v) is 10.9. The summed E-state index contributed by atoms with van der Waals surface area (Å²) in [6.45, 7) is 0.116. The fraction of sp³-hybridized carbons (Fsp3) is 0.571. The number of amides is 2. The monoisotopic (exact) mass is 518 g/mol. The van der Waals surface area contributed by atoms with Crippen molar-refractivity contribution in [2.45, 2.75) is 90.1 Å². The van der Waals surface area contributed by atoms with Gasteiger partial charge in [0.15, 0.2) is 0 Å². The van der Waals surface area contributed by atoms with Crippen molar-refractivity contribution in [2.24, 2.45) is 11.8 Å². The number of para-hydroxylation sites is 2. The Morgan fingerprint density at radius 1 is 0.684 bits per heavy atom. The Labute approximate surface area is 223 Å². The Hall–Kier alpha value is -3.56. The molecule has 1 aromatic carbocycles. The smallest absolute Gasteiger partial charge is 0.246 e. The van der Waals surface area contributed by atoms with Crippen molar-refractivity contribution < 1.29 is 9.59 Å². The summed E-state index contributed by atoms with van der Waals surface area (Å²) in [5.74, 6) is 0.868. The molecule has 38 heavy (non-hydrogen) atoms. The number of carbonyl (C=O) groups excluding carboxylic acids is 2. The fourth-order valence-corrected chi connectivity index (χ4v) is 5.77. The van der Waals surface area contributed by atoms with Crippen LogP contribution in [0, 0.1) is 11.8 Å². The predicted octanol–water partition coefficient (Wildman–Crippen LogP) is 4.39. The van der Waals surface area contributed by atoms with E-state index in [1.54, 1.807) is 21.5 Å². The van der Waals surface area contributed by atoms with E-state index in [9.17, 15) is 9.59 Å². The van der Waals surface area contributed by atoms with Gasteiger partial charge in [0.2, 0.25) is 11.8 Å². The third kappa shape index (κ3) is 7.49. The van der Waals surface area contributed by atoms with Crippen LogP contribution in [0.4, 0.5) is 11.4 Å². The van der Waals surface area contributed by atoms with Crippen molar-refractivity contribution >= 4 is 23.2 Å². The van der Waals surface area contributed by atoms with Crippen LogP contribution in [0.15, 0.2) is 36.7 Å². The molecule has 0 radical (unpaired) electrons. The minimum atomic E-state index is -0.232. The summed E-state index contributed by atoms with van der Waals surface area (Å²) in [6.07, 6.45) is 18.4. The first-order valence-corrected chi connectivity index (χ1v) is 14.1. The number of aromatic nitrogens is 6. The van der Waals surface area contributed by atoms with Gasteiger partial charge in [-0.2, -0.15) is 0 Å². The first-order chi connectivity index (χ1) is 18.6. The topological polar surface area (TPSA) is 120 Å². The van der Waals surface area contributed by atoms with Crippen LogP contribution in [0.5, 0.6) is 0 Å². The molecule has 2 heterocycles. The maximum absolute atomic E-state index is 12.7. The summed E-state index contributed by atoms with van der Waals surface area (Å²) in [6, 6.07) is 7.16. The minimum absolute atomic E-state index is 0.0582. The highest BCUT2D eigenvalue weighted by Crippen LogP contribution is 2.27. The van der Waals surface area contributed by atoms with Gasteiger partial charge in [0, 0.05) is 12.4 Å². The van der Waals surface area contributed by atoms with Crippen LogP contribution < -0.4 is 10.6 Å². The molecule has 10 nitrogen and oxygen atoms in total. The molecule has 2 fully saturated rings. The number of rotatable bonds is 10. The molecular formula is C28H38N8O2. The maximum atomic E-state index is 12.7. The van der Waals surface area contributed by atoms with E-state index in [2.05, 4.69) is 31.3 Å². The second kappa shape index (κ2) is 12.8. The van der Waals surface area contributed by atoms with E-state index in [0.29, 0.717) is 23.2 Å². The van der Waals surface area contributed by atoms with Crippen LogP contribution in [0.3, 0.4) is 0 Å². The molecule has 2 amide bonds. The minimum Gasteiger partial charge on any atom is -0.323 e. The van der Waals surface area contributed by atoms with Gasteiger partial charge >= 0.3 is 0 Å². The van der Waals surface area contributed by atoms with Crippen LogP contribution >= 0.6 is 0 Å². The Morgan fingerprint density at radius 3 is 1.53 bits per heavy atom. The molecule has 2 saturated carbocycles. The zero-order valence-electron chi connectivity index (χ0n) is 22.0. The summed E-state index contributed by atoms with van der Waals surface area (Å²) in [4.78, 5) is 25.5. The van der Waals surface area contributed by atoms with Gasteiger partial charge in [0.05, 0.1) is 22.8 Å². The Bertz CT molecular complexity index is 1110. The Kier molecular flexibility index (Phi) is 8.78. The molecule has 2 aliphatic carbocycles. The molecule has 0 atom stereocenters. The van der Waals surface area contributed by atoms with Gasteiger partial charge in [-0.3, -0.25) is 9.59 Å². The zero-order valence-corrected chi connectivity index (χ0v) is 22.0. The van der Waals surface area contributed by atoms with E-state index in [-0.39, 0.29) is 24.9 Å². The highest BCUT2D eigenvalue weighted by Gasteiger charge is 2.18. The lowest BCUT2D eigenvalue weighted by Crippen LogP contribution is -2.22. The highest BCUT2D eigenvalue weighted by molar-refractivity contribution is 5.99. The Morgan fingerprint density at radius 2 is 1.11 bits per heavy atom. The predicted molar refractivity (Wildman–Crippen MR) is 144 cm³/mol. The van der Waals surface area contributed by atoms with Crippen molar-refractivity contribution in [1.82, 2.24) is 30.0 Å². The largest absolute Gasteiger partial charge is 0.323 e. The summed E-state index contributed by atoms with van der Waals surface area (Å²) in [5, 5.41) is 22.6. The zero-order chi connectivity index (χ0) is 26.2. The molecule has 2 aliphatic rings. The van der Waals surface area contributed by atoms with Gasteiger partial charge in [0.1, 0.15) is 13.1 Å². The maximum Gasteiger partial charge on any atom is 0.246 e. The van der Waals surface area contributed by atoms with Crippen LogP contribution in [-0.4, -0.2) is 41.8 Å². The first kappa shape index (κ1) is 26.1. The van der Waals surface area contributed by atoms with E-state index in [1.807, 2.05) is 24.5 Å². The first-order valence-electron chi connectivity index (χ1n) is 14.1. The quantitative estimate of drug-likeness (QED) is 0.411. The molecule has 2 aromatic heterocycles. The molecule has 0 aliphatic heterocycles. The Balaban J connectivity index is 1.11. The van der Waals surface area contributed by atoms with Gasteiger partial charge < -0.3 is 10.6 Å². The third-order valence-corrected chi connectivity index (χ3v) is 7.70. The number of hydrogen-bond donors (Lipinski definition) is 2. The number of benzene rings is 1. The SMILES string of the molecule is O=C(Cn1cc(CC2CCCCC2)nn1)Nc1ccccc1NC(=O)Cn1cc(CC2CCCCC2)nn1. The summed E-state index contributed by atoms with van der Waals surface area (Å²) >= 11 is 0. The van der Waals surface area contributed by atoms with Crippen molar-refractivity contribution in [1.29, 1.82) is 0 Å². The number of nitrogens with zero attached hydrogens (tertiary/aromatic N) is 6. The van der Waals surface area contributed by atoms with Gasteiger partial charge in [-0.15, -0.1) is 10.2 Å². The van der Waals surface area contributed by atoms with E-state index >= 15 is 0 Å². The van der Waals surface area contributed by atoms with Crippen molar-refractivity contribution in [3.8, 4) is 0 Å². The number of hydrogen-bond acceptors (Lipinski definition) is 6. The van der Waals surface area contributed by atoms with Crippen molar-refractivity contribution in [3.05, 3.63) is 48.0 Å². The number of nitrogens with one attached hydrogen (secondary N) is 2. The molecule has 10 heteroatoms. The lowest BCUT2D eigenvalue weighted by atomic mass is 9.86. The van der Waals surface area contributed by atoms with Gasteiger partial charge in [0.25, 0.3) is 0 Å². The summed E-state index contributed by atoms with van der Waals surface area (Å²) < 4.78 is 3.15. The lowest BCUT2D eigenvalue weighted by Gasteiger charge is -2.19. The standard InChI is InChI=1S/C28H38N8O2/c37-27(19-35-17-23(31-33-35)15-21-9-3-1-4-10-21)29-25-13-7-8-14-26(25)30-28(38)20-36-18-24(32-34-36)16-22-11-5-2-6-12-22/h7-8,13-14,17-18,21-22H,1-6,9-12,15-16,19-20H2,(H,29,37)(H,30,38). The van der Waals surface area contributed by atoms with Crippen molar-refractivity contribution in [2.75, 3.05) is 10.6 Å². The number of carbonyl (C=O) groups is 2. The van der Waals surface area contributed by atoms with Crippen LogP contribution in [0.25, 0.3) is 0 Å². The van der Waals surface area contributed by atoms with Crippen LogP contribution in [0.2, 0.25) is 0 Å². The van der Waals surface area contributed by atoms with E-state index < -0.39 is 0 Å². The summed E-state index contributed by atoms with van der Waals surface area (Å²) in [7, 11) is 0. The molecule has 0 bridgehead atoms. The van der Waals surface area contributed by atoms with E-state index in [1.165, 1.54) is 64.2 Å². The lowest BCUT2D eigenvalue weighted by molar-refractivity contribution is -0.117. The molecule has 0 unspecified atom stereocenters. The highest BCUT2D eigenvalue weighted by atomic mass is 16.2. The molecule has 3 aromatic rings.